The summed E-state index contributed by atoms with van der Waals surface area (Å²) in [6.07, 6.45) is 6.37. The average Bonchev–Trinajstić information content (AvgIpc) is 3.06. The van der Waals surface area contributed by atoms with Crippen LogP contribution in [-0.4, -0.2) is 45.9 Å². The summed E-state index contributed by atoms with van der Waals surface area (Å²) < 4.78 is 2.02. The highest BCUT2D eigenvalue weighted by atomic mass is 16.2. The van der Waals surface area contributed by atoms with Crippen LogP contribution in [-0.2, 0) is 13.5 Å². The number of aryl methyl sites for hydroxylation is 2. The minimum absolute atomic E-state index is 0.0912. The number of piperidine rings is 1. The van der Waals surface area contributed by atoms with Gasteiger partial charge in [-0.1, -0.05) is 13.8 Å². The molecule has 3 rings (SSSR count). The molecule has 1 N–H and O–H groups in total. The molecule has 6 nitrogen and oxygen atoms in total. The highest BCUT2D eigenvalue weighted by Crippen LogP contribution is 2.30. The van der Waals surface area contributed by atoms with Gasteiger partial charge in [-0.05, 0) is 44.4 Å². The first-order valence-corrected chi connectivity index (χ1v) is 9.97. The van der Waals surface area contributed by atoms with Crippen LogP contribution in [0.1, 0.15) is 58.8 Å². The number of hydrogen-bond donors (Lipinski definition) is 1. The number of pyridine rings is 1. The lowest BCUT2D eigenvalue weighted by Gasteiger charge is -2.40. The van der Waals surface area contributed by atoms with Crippen molar-refractivity contribution in [2.45, 2.75) is 40.0 Å². The monoisotopic (exact) mass is 382 g/mol. The molecule has 1 aliphatic heterocycles. The van der Waals surface area contributed by atoms with Crippen LogP contribution in [0.15, 0.2) is 30.6 Å². The van der Waals surface area contributed by atoms with E-state index < -0.39 is 0 Å². The molecule has 2 aromatic rings. The maximum absolute atomic E-state index is 13.1. The van der Waals surface area contributed by atoms with Gasteiger partial charge in [0.2, 0.25) is 0 Å². The van der Waals surface area contributed by atoms with Crippen LogP contribution in [0.2, 0.25) is 0 Å². The second-order valence-corrected chi connectivity index (χ2v) is 8.15. The standard InChI is InChI=1S/C22H30N4O2/c1-5-19-18(8-12-25(19)4)21(28)26-11-6-9-22(3,15-26)14-24-20(27)17-7-10-23-16(2)13-17/h7-8,10,12-13H,5-6,9,11,14-15H2,1-4H3,(H,24,27). The number of rotatable bonds is 5. The molecule has 3 heterocycles. The number of hydrogen-bond acceptors (Lipinski definition) is 3. The van der Waals surface area contributed by atoms with Crippen molar-refractivity contribution in [2.24, 2.45) is 12.5 Å². The molecule has 1 unspecified atom stereocenters. The van der Waals surface area contributed by atoms with Crippen molar-refractivity contribution in [1.82, 2.24) is 19.8 Å². The van der Waals surface area contributed by atoms with Crippen molar-refractivity contribution in [3.8, 4) is 0 Å². The Kier molecular flexibility index (Phi) is 5.87. The number of aromatic nitrogens is 2. The number of amides is 2. The van der Waals surface area contributed by atoms with Crippen LogP contribution in [0.25, 0.3) is 0 Å². The number of nitrogens with one attached hydrogen (secondary N) is 1. The topological polar surface area (TPSA) is 67.2 Å². The lowest BCUT2D eigenvalue weighted by Crippen LogP contribution is -2.49. The Bertz CT molecular complexity index is 873. The largest absolute Gasteiger partial charge is 0.354 e. The highest BCUT2D eigenvalue weighted by Gasteiger charge is 2.34. The number of likely N-dealkylation sites (tertiary alicyclic amines) is 1. The molecule has 1 fully saturated rings. The van der Waals surface area contributed by atoms with E-state index >= 15 is 0 Å². The molecule has 0 spiro atoms. The van der Waals surface area contributed by atoms with Crippen LogP contribution >= 0.6 is 0 Å². The van der Waals surface area contributed by atoms with Gasteiger partial charge in [0.15, 0.2) is 0 Å². The molecule has 2 aromatic heterocycles. The molecular weight excluding hydrogens is 352 g/mol. The van der Waals surface area contributed by atoms with Crippen LogP contribution in [0.4, 0.5) is 0 Å². The first-order chi connectivity index (χ1) is 13.3. The SMILES string of the molecule is CCc1c(C(=O)N2CCCC(C)(CNC(=O)c3ccnc(C)c3)C2)ccn1C. The van der Waals surface area contributed by atoms with E-state index in [-0.39, 0.29) is 17.2 Å². The predicted octanol–water partition coefficient (Wildman–Crippen LogP) is 2.96. The molecule has 2 amide bonds. The smallest absolute Gasteiger partial charge is 0.255 e. The van der Waals surface area contributed by atoms with Gasteiger partial charge in [0.05, 0.1) is 5.56 Å². The zero-order valence-electron chi connectivity index (χ0n) is 17.3. The zero-order chi connectivity index (χ0) is 20.3. The van der Waals surface area contributed by atoms with Crippen LogP contribution < -0.4 is 5.32 Å². The number of carbonyl (C=O) groups excluding carboxylic acids is 2. The summed E-state index contributed by atoms with van der Waals surface area (Å²) in [4.78, 5) is 31.7. The quantitative estimate of drug-likeness (QED) is 0.864. The second-order valence-electron chi connectivity index (χ2n) is 8.15. The van der Waals surface area contributed by atoms with Gasteiger partial charge in [0.1, 0.15) is 0 Å². The zero-order valence-corrected chi connectivity index (χ0v) is 17.3. The first kappa shape index (κ1) is 20.1. The minimum atomic E-state index is -0.132. The lowest BCUT2D eigenvalue weighted by molar-refractivity contribution is 0.0543. The van der Waals surface area contributed by atoms with E-state index in [1.54, 1.807) is 18.3 Å². The third-order valence-corrected chi connectivity index (χ3v) is 5.67. The molecule has 0 radical (unpaired) electrons. The van der Waals surface area contributed by atoms with E-state index in [1.165, 1.54) is 0 Å². The summed E-state index contributed by atoms with van der Waals surface area (Å²) >= 11 is 0. The fraction of sp³-hybridized carbons (Fsp3) is 0.500. The highest BCUT2D eigenvalue weighted by molar-refractivity contribution is 5.96. The summed E-state index contributed by atoms with van der Waals surface area (Å²) in [5, 5.41) is 3.05. The Morgan fingerprint density at radius 2 is 2.11 bits per heavy atom. The Balaban J connectivity index is 1.66. The van der Waals surface area contributed by atoms with Gasteiger partial charge in [-0.2, -0.15) is 0 Å². The van der Waals surface area contributed by atoms with E-state index in [0.29, 0.717) is 18.7 Å². The van der Waals surface area contributed by atoms with E-state index in [0.717, 1.165) is 42.8 Å². The first-order valence-electron chi connectivity index (χ1n) is 9.97. The number of carbonyl (C=O) groups is 2. The second kappa shape index (κ2) is 8.17. The summed E-state index contributed by atoms with van der Waals surface area (Å²) in [6.45, 7) is 8.06. The number of nitrogens with zero attached hydrogens (tertiary/aromatic N) is 3. The van der Waals surface area contributed by atoms with Crippen molar-refractivity contribution in [1.29, 1.82) is 0 Å². The van der Waals surface area contributed by atoms with Crippen LogP contribution in [0.5, 0.6) is 0 Å². The lowest BCUT2D eigenvalue weighted by atomic mass is 9.81. The van der Waals surface area contributed by atoms with Crippen LogP contribution in [0.3, 0.4) is 0 Å². The van der Waals surface area contributed by atoms with E-state index in [2.05, 4.69) is 24.1 Å². The average molecular weight is 383 g/mol. The third kappa shape index (κ3) is 4.26. The van der Waals surface area contributed by atoms with Crippen molar-refractivity contribution >= 4 is 11.8 Å². The normalized spacial score (nSPS) is 19.5. The van der Waals surface area contributed by atoms with Gasteiger partial charge in [-0.3, -0.25) is 14.6 Å². The molecular formula is C22H30N4O2. The van der Waals surface area contributed by atoms with Gasteiger partial charge in [-0.25, -0.2) is 0 Å². The molecule has 0 bridgehead atoms. The molecule has 150 valence electrons. The van der Waals surface area contributed by atoms with E-state index in [1.807, 2.05) is 35.7 Å². The van der Waals surface area contributed by atoms with Gasteiger partial charge in [-0.15, -0.1) is 0 Å². The van der Waals surface area contributed by atoms with E-state index in [9.17, 15) is 9.59 Å². The molecule has 1 atom stereocenters. The summed E-state index contributed by atoms with van der Waals surface area (Å²) in [5.74, 6) is 0.00552. The van der Waals surface area contributed by atoms with Gasteiger partial charge < -0.3 is 14.8 Å². The van der Waals surface area contributed by atoms with Crippen molar-refractivity contribution in [2.75, 3.05) is 19.6 Å². The molecule has 0 aliphatic carbocycles. The van der Waals surface area contributed by atoms with Crippen LogP contribution in [0, 0.1) is 12.3 Å². The summed E-state index contributed by atoms with van der Waals surface area (Å²) in [5.41, 5.74) is 3.18. The summed E-state index contributed by atoms with van der Waals surface area (Å²) in [6, 6.07) is 5.43. The van der Waals surface area contributed by atoms with Crippen molar-refractivity contribution < 1.29 is 9.59 Å². The van der Waals surface area contributed by atoms with Gasteiger partial charge in [0, 0.05) is 61.4 Å². The molecule has 0 aromatic carbocycles. The minimum Gasteiger partial charge on any atom is -0.354 e. The summed E-state index contributed by atoms with van der Waals surface area (Å²) in [7, 11) is 1.98. The Morgan fingerprint density at radius 3 is 2.82 bits per heavy atom. The molecule has 28 heavy (non-hydrogen) atoms. The van der Waals surface area contributed by atoms with Gasteiger partial charge in [0.25, 0.3) is 11.8 Å². The fourth-order valence-corrected chi connectivity index (χ4v) is 4.08. The fourth-order valence-electron chi connectivity index (χ4n) is 4.08. The van der Waals surface area contributed by atoms with Gasteiger partial charge >= 0.3 is 0 Å². The maximum Gasteiger partial charge on any atom is 0.255 e. The molecule has 1 saturated heterocycles. The third-order valence-electron chi connectivity index (χ3n) is 5.67. The maximum atomic E-state index is 13.1. The Hall–Kier alpha value is -2.63. The Morgan fingerprint density at radius 1 is 1.32 bits per heavy atom. The van der Waals surface area contributed by atoms with E-state index in [4.69, 9.17) is 0 Å². The Labute approximate surface area is 166 Å². The molecule has 0 saturated carbocycles. The predicted molar refractivity (Wildman–Crippen MR) is 109 cm³/mol. The molecule has 6 heteroatoms. The van der Waals surface area contributed by atoms with Crippen molar-refractivity contribution in [3.63, 3.8) is 0 Å². The molecule has 1 aliphatic rings. The van der Waals surface area contributed by atoms with Crippen molar-refractivity contribution in [3.05, 3.63) is 53.1 Å².